The smallest absolute Gasteiger partial charge is 0.113 e. The summed E-state index contributed by atoms with van der Waals surface area (Å²) in [5.74, 6) is 0. The van der Waals surface area contributed by atoms with E-state index in [0.717, 1.165) is 11.0 Å². The highest BCUT2D eigenvalue weighted by Crippen LogP contribution is 2.58. The van der Waals surface area contributed by atoms with Gasteiger partial charge in [0.2, 0.25) is 0 Å². The van der Waals surface area contributed by atoms with E-state index in [0.29, 0.717) is 5.25 Å². The molecule has 2 aliphatic carbocycles. The van der Waals surface area contributed by atoms with Gasteiger partial charge in [-0.3, -0.25) is 0 Å². The van der Waals surface area contributed by atoms with Gasteiger partial charge in [0, 0.05) is 32.1 Å². The van der Waals surface area contributed by atoms with E-state index in [2.05, 4.69) is 158 Å². The monoisotopic (exact) mass is 1080 g/mol. The van der Waals surface area contributed by atoms with Crippen LogP contribution in [0.3, 0.4) is 0 Å². The van der Waals surface area contributed by atoms with Gasteiger partial charge in [0.1, 0.15) is 11.0 Å². The summed E-state index contributed by atoms with van der Waals surface area (Å²) < 4.78 is 10.4. The molecule has 2 aliphatic rings. The van der Waals surface area contributed by atoms with Crippen LogP contribution in [0.4, 0.5) is 0 Å². The van der Waals surface area contributed by atoms with Gasteiger partial charge in [-0.15, -0.1) is 11.8 Å². The predicted molar refractivity (Wildman–Crippen MR) is 344 cm³/mol. The molecule has 2 nitrogen and oxygen atoms in total. The van der Waals surface area contributed by atoms with Crippen molar-refractivity contribution in [3.8, 4) is 55.6 Å². The average molecular weight is 1080 g/mol. The SMILES string of the molecule is CCCCCCCCC1(CCCCCCCC)c2cc(C)ccc2-c2ccc(-c3ccc(-c4ccc5c(c4)C(CCCCCCCC)(CCCCCCCC)c4cc(-c6ccc(SC(C)C)cc6)ccc4-5)c4nsnc34)cc21. The Balaban J connectivity index is 1.10. The minimum absolute atomic E-state index is 0.0269. The molecule has 7 aromatic rings. The van der Waals surface area contributed by atoms with Crippen LogP contribution in [-0.2, 0) is 10.8 Å². The minimum Gasteiger partial charge on any atom is -0.172 e. The molecule has 0 radical (unpaired) electrons. The molecular weight excluding hydrogens is 981 g/mol. The van der Waals surface area contributed by atoms with E-state index < -0.39 is 0 Å². The van der Waals surface area contributed by atoms with E-state index in [9.17, 15) is 0 Å². The Hall–Kier alpha value is -4.51. The van der Waals surface area contributed by atoms with Crippen LogP contribution in [-0.4, -0.2) is 14.0 Å². The quantitative estimate of drug-likeness (QED) is 0.0303. The first-order valence-electron chi connectivity index (χ1n) is 31.8. The number of fused-ring (bicyclic) bond motifs is 7. The largest absolute Gasteiger partial charge is 0.172 e. The Kier molecular flexibility index (Phi) is 21.1. The number of aromatic nitrogens is 2. The van der Waals surface area contributed by atoms with E-state index in [-0.39, 0.29) is 10.8 Å². The molecule has 0 aliphatic heterocycles. The summed E-state index contributed by atoms with van der Waals surface area (Å²) in [6, 6.07) is 44.1. The Morgan fingerprint density at radius 3 is 1.08 bits per heavy atom. The van der Waals surface area contributed by atoms with E-state index in [1.165, 1.54) is 258 Å². The molecule has 9 rings (SSSR count). The molecule has 0 atom stereocenters. The molecule has 0 unspecified atom stereocenters. The van der Waals surface area contributed by atoms with Crippen LogP contribution in [0.5, 0.6) is 0 Å². The van der Waals surface area contributed by atoms with Gasteiger partial charge in [-0.1, -0.05) is 280 Å². The van der Waals surface area contributed by atoms with Crippen LogP contribution in [0, 0.1) is 6.92 Å². The van der Waals surface area contributed by atoms with Gasteiger partial charge in [-0.25, -0.2) is 0 Å². The Bertz CT molecular complexity index is 2980. The van der Waals surface area contributed by atoms with Crippen LogP contribution < -0.4 is 0 Å². The molecule has 78 heavy (non-hydrogen) atoms. The van der Waals surface area contributed by atoms with Crippen molar-refractivity contribution in [3.63, 3.8) is 0 Å². The number of benzene rings is 6. The maximum Gasteiger partial charge on any atom is 0.113 e. The van der Waals surface area contributed by atoms with Crippen LogP contribution in [0.25, 0.3) is 66.7 Å². The summed E-state index contributed by atoms with van der Waals surface area (Å²) in [6.07, 6.45) is 36.5. The lowest BCUT2D eigenvalue weighted by Crippen LogP contribution is -2.25. The third-order valence-electron chi connectivity index (χ3n) is 18.3. The first-order chi connectivity index (χ1) is 38.2. The summed E-state index contributed by atoms with van der Waals surface area (Å²) in [4.78, 5) is 1.35. The van der Waals surface area contributed by atoms with Crippen LogP contribution in [0.15, 0.2) is 114 Å². The van der Waals surface area contributed by atoms with Crippen molar-refractivity contribution in [1.82, 2.24) is 8.75 Å². The number of hydrogen-bond donors (Lipinski definition) is 0. The van der Waals surface area contributed by atoms with E-state index in [4.69, 9.17) is 8.75 Å². The molecular formula is C74H96N2S2. The predicted octanol–water partition coefficient (Wildman–Crippen LogP) is 24.0. The number of rotatable bonds is 33. The Labute approximate surface area is 482 Å². The first-order valence-corrected chi connectivity index (χ1v) is 33.4. The molecule has 0 amide bonds. The average Bonchev–Trinajstić information content (AvgIpc) is 4.27. The van der Waals surface area contributed by atoms with E-state index in [1.807, 2.05) is 11.8 Å². The first kappa shape index (κ1) is 58.2. The molecule has 414 valence electrons. The van der Waals surface area contributed by atoms with Gasteiger partial charge in [-0.05, 0) is 130 Å². The Morgan fingerprint density at radius 1 is 0.359 bits per heavy atom. The molecule has 1 heterocycles. The summed E-state index contributed by atoms with van der Waals surface area (Å²) >= 11 is 3.33. The molecule has 0 fully saturated rings. The van der Waals surface area contributed by atoms with Gasteiger partial charge in [0.25, 0.3) is 0 Å². The molecule has 4 heteroatoms. The van der Waals surface area contributed by atoms with Crippen molar-refractivity contribution in [2.24, 2.45) is 0 Å². The molecule has 0 saturated heterocycles. The lowest BCUT2D eigenvalue weighted by Gasteiger charge is -2.33. The summed E-state index contributed by atoms with van der Waals surface area (Å²) in [5, 5.41) is 0.567. The molecule has 0 N–H and O–H groups in total. The fraction of sp³-hybridized carbons (Fsp3) is 0.514. The summed E-state index contributed by atoms with van der Waals surface area (Å²) in [5.41, 5.74) is 23.1. The molecule has 1 aromatic heterocycles. The molecule has 6 aromatic carbocycles. The lowest BCUT2D eigenvalue weighted by atomic mass is 9.70. The standard InChI is InChI=1S/C74H96N2S2/c1-8-12-16-20-24-28-46-73(47-29-25-21-17-13-9-2)67-50-55(7)32-40-63(67)65-42-36-58(52-69(65)73)61-44-45-62(72-71(61)75-78-76-72)59-37-43-66-64-41-35-57(56-33-38-60(39-34-56)77-54(5)6)51-68(64)74(70(66)53-59,48-30-26-22-18-14-10-3)49-31-27-23-19-15-11-4/h32-45,50-54H,8-31,46-49H2,1-7H3. The normalized spacial score (nSPS) is 13.8. The molecule has 0 saturated carbocycles. The highest BCUT2D eigenvalue weighted by molar-refractivity contribution is 7.99. The van der Waals surface area contributed by atoms with E-state index >= 15 is 0 Å². The second kappa shape index (κ2) is 28.3. The summed E-state index contributed by atoms with van der Waals surface area (Å²) in [6.45, 7) is 16.2. The van der Waals surface area contributed by atoms with Gasteiger partial charge < -0.3 is 0 Å². The number of thioether (sulfide) groups is 1. The van der Waals surface area contributed by atoms with Crippen molar-refractivity contribution in [3.05, 3.63) is 137 Å². The van der Waals surface area contributed by atoms with Crippen LogP contribution in [0.2, 0.25) is 0 Å². The molecule has 0 spiro atoms. The van der Waals surface area contributed by atoms with Gasteiger partial charge >= 0.3 is 0 Å². The maximum absolute atomic E-state index is 5.20. The van der Waals surface area contributed by atoms with Crippen molar-refractivity contribution in [2.45, 2.75) is 249 Å². The third kappa shape index (κ3) is 13.1. The van der Waals surface area contributed by atoms with Crippen molar-refractivity contribution in [2.75, 3.05) is 0 Å². The van der Waals surface area contributed by atoms with Gasteiger partial charge in [-0.2, -0.15) is 8.75 Å². The number of unbranched alkanes of at least 4 members (excludes halogenated alkanes) is 20. The number of nitrogens with zero attached hydrogens (tertiary/aromatic N) is 2. The van der Waals surface area contributed by atoms with Crippen molar-refractivity contribution in [1.29, 1.82) is 0 Å². The third-order valence-corrected chi connectivity index (χ3v) is 19.8. The second-order valence-electron chi connectivity index (χ2n) is 24.4. The van der Waals surface area contributed by atoms with Crippen LogP contribution in [0.1, 0.15) is 249 Å². The highest BCUT2D eigenvalue weighted by atomic mass is 32.2. The minimum atomic E-state index is -0.0446. The lowest BCUT2D eigenvalue weighted by molar-refractivity contribution is 0.398. The van der Waals surface area contributed by atoms with Gasteiger partial charge in [0.05, 0.1) is 11.7 Å². The number of aryl methyl sites for hydroxylation is 1. The summed E-state index contributed by atoms with van der Waals surface area (Å²) in [7, 11) is 0. The van der Waals surface area contributed by atoms with Crippen molar-refractivity contribution < 1.29 is 0 Å². The second-order valence-corrected chi connectivity index (χ2v) is 26.6. The zero-order chi connectivity index (χ0) is 54.3. The zero-order valence-corrected chi connectivity index (χ0v) is 51.1. The van der Waals surface area contributed by atoms with E-state index in [1.54, 1.807) is 22.3 Å². The Morgan fingerprint density at radius 2 is 0.679 bits per heavy atom. The molecule has 0 bridgehead atoms. The zero-order valence-electron chi connectivity index (χ0n) is 49.5. The van der Waals surface area contributed by atoms with Gasteiger partial charge in [0.15, 0.2) is 0 Å². The number of hydrogen-bond acceptors (Lipinski definition) is 4. The van der Waals surface area contributed by atoms with Crippen LogP contribution >= 0.6 is 23.5 Å². The highest BCUT2D eigenvalue weighted by Gasteiger charge is 2.44. The fourth-order valence-corrected chi connectivity index (χ4v) is 15.5. The van der Waals surface area contributed by atoms with Crippen molar-refractivity contribution >= 4 is 34.5 Å². The maximum atomic E-state index is 5.20. The topological polar surface area (TPSA) is 25.8 Å². The fourth-order valence-electron chi connectivity index (χ4n) is 14.1.